The number of fused-ring (bicyclic) bond motifs is 2. The second-order valence-electron chi connectivity index (χ2n) is 7.29. The van der Waals surface area contributed by atoms with E-state index in [-0.39, 0.29) is 11.9 Å². The van der Waals surface area contributed by atoms with Crippen LogP contribution in [0.5, 0.6) is 0 Å². The fourth-order valence-corrected chi connectivity index (χ4v) is 4.43. The van der Waals surface area contributed by atoms with Gasteiger partial charge in [-0.05, 0) is 36.8 Å². The SMILES string of the molecule is CCn1nnc2c1CCN(C(=O)CC1Cc3ccccc3C1)[C@H]2COC. The third-order valence-corrected chi connectivity index (χ3v) is 5.69. The molecule has 1 aliphatic carbocycles. The van der Waals surface area contributed by atoms with Gasteiger partial charge in [-0.15, -0.1) is 5.10 Å². The molecule has 0 bridgehead atoms. The average molecular weight is 354 g/mol. The first kappa shape index (κ1) is 17.2. The first-order valence-corrected chi connectivity index (χ1v) is 9.48. The standard InChI is InChI=1S/C20H26N4O2/c1-3-24-17-8-9-23(18(13-26-2)20(17)21-22-24)19(25)12-14-10-15-6-4-5-7-16(15)11-14/h4-7,14,18H,3,8-13H2,1-2H3/t18-/m0/s1. The van der Waals surface area contributed by atoms with Gasteiger partial charge >= 0.3 is 0 Å². The first-order chi connectivity index (χ1) is 12.7. The molecule has 0 saturated heterocycles. The monoisotopic (exact) mass is 354 g/mol. The molecule has 0 fully saturated rings. The zero-order chi connectivity index (χ0) is 18.1. The normalized spacial score (nSPS) is 19.5. The Labute approximate surface area is 154 Å². The van der Waals surface area contributed by atoms with E-state index < -0.39 is 0 Å². The number of nitrogens with zero attached hydrogens (tertiary/aromatic N) is 4. The maximum absolute atomic E-state index is 13.1. The number of amides is 1. The van der Waals surface area contributed by atoms with Crippen molar-refractivity contribution in [3.63, 3.8) is 0 Å². The summed E-state index contributed by atoms with van der Waals surface area (Å²) in [6.07, 6.45) is 3.41. The van der Waals surface area contributed by atoms with Crippen molar-refractivity contribution in [3.05, 3.63) is 46.8 Å². The molecule has 2 aromatic rings. The molecule has 6 heteroatoms. The number of aryl methyl sites for hydroxylation is 1. The zero-order valence-corrected chi connectivity index (χ0v) is 15.5. The Hall–Kier alpha value is -2.21. The summed E-state index contributed by atoms with van der Waals surface area (Å²) < 4.78 is 7.35. The van der Waals surface area contributed by atoms with Crippen molar-refractivity contribution < 1.29 is 9.53 Å². The molecule has 1 amide bonds. The van der Waals surface area contributed by atoms with E-state index in [2.05, 4.69) is 41.5 Å². The van der Waals surface area contributed by atoms with E-state index in [0.717, 1.165) is 37.2 Å². The van der Waals surface area contributed by atoms with Crippen molar-refractivity contribution in [2.75, 3.05) is 20.3 Å². The molecule has 4 rings (SSSR count). The number of carbonyl (C=O) groups is 1. The number of methoxy groups -OCH3 is 1. The lowest BCUT2D eigenvalue weighted by molar-refractivity contribution is -0.136. The molecule has 0 saturated carbocycles. The van der Waals surface area contributed by atoms with Crippen LogP contribution in [0.2, 0.25) is 0 Å². The average Bonchev–Trinajstić information content (AvgIpc) is 3.25. The molecule has 0 unspecified atom stereocenters. The quantitative estimate of drug-likeness (QED) is 0.826. The lowest BCUT2D eigenvalue weighted by atomic mass is 9.98. The van der Waals surface area contributed by atoms with Gasteiger partial charge in [-0.1, -0.05) is 29.5 Å². The Morgan fingerprint density at radius 1 is 1.27 bits per heavy atom. The van der Waals surface area contributed by atoms with Crippen molar-refractivity contribution in [2.24, 2.45) is 5.92 Å². The minimum absolute atomic E-state index is 0.125. The minimum Gasteiger partial charge on any atom is -0.382 e. The highest BCUT2D eigenvalue weighted by atomic mass is 16.5. The van der Waals surface area contributed by atoms with Crippen LogP contribution in [0, 0.1) is 5.92 Å². The number of ether oxygens (including phenoxy) is 1. The molecule has 0 radical (unpaired) electrons. The van der Waals surface area contributed by atoms with Gasteiger partial charge in [-0.25, -0.2) is 4.68 Å². The first-order valence-electron chi connectivity index (χ1n) is 9.48. The van der Waals surface area contributed by atoms with Crippen LogP contribution in [0.25, 0.3) is 0 Å². The van der Waals surface area contributed by atoms with Gasteiger partial charge in [0, 0.05) is 33.0 Å². The largest absolute Gasteiger partial charge is 0.382 e. The number of rotatable bonds is 5. The number of hydrogen-bond donors (Lipinski definition) is 0. The molecule has 6 nitrogen and oxygen atoms in total. The van der Waals surface area contributed by atoms with Crippen LogP contribution in [0.15, 0.2) is 24.3 Å². The Kier molecular flexibility index (Phi) is 4.76. The van der Waals surface area contributed by atoms with Gasteiger partial charge in [0.05, 0.1) is 12.3 Å². The Bertz CT molecular complexity index is 776. The molecule has 1 aromatic carbocycles. The molecule has 0 N–H and O–H groups in total. The van der Waals surface area contributed by atoms with Crippen molar-refractivity contribution in [1.29, 1.82) is 0 Å². The predicted molar refractivity (Wildman–Crippen MR) is 97.7 cm³/mol. The van der Waals surface area contributed by atoms with Gasteiger partial charge in [-0.3, -0.25) is 4.79 Å². The Morgan fingerprint density at radius 3 is 2.65 bits per heavy atom. The van der Waals surface area contributed by atoms with E-state index in [9.17, 15) is 4.79 Å². The highest BCUT2D eigenvalue weighted by molar-refractivity contribution is 5.77. The van der Waals surface area contributed by atoms with Crippen molar-refractivity contribution in [1.82, 2.24) is 19.9 Å². The summed E-state index contributed by atoms with van der Waals surface area (Å²) in [4.78, 5) is 15.1. The second kappa shape index (κ2) is 7.19. The topological polar surface area (TPSA) is 60.2 Å². The van der Waals surface area contributed by atoms with Crippen LogP contribution in [-0.2, 0) is 35.3 Å². The molecule has 1 atom stereocenters. The summed E-state index contributed by atoms with van der Waals surface area (Å²) in [7, 11) is 1.68. The van der Waals surface area contributed by atoms with Crippen LogP contribution in [-0.4, -0.2) is 46.1 Å². The molecular formula is C20H26N4O2. The number of aromatic nitrogens is 3. The van der Waals surface area contributed by atoms with Gasteiger partial charge in [0.25, 0.3) is 0 Å². The smallest absolute Gasteiger partial charge is 0.223 e. The maximum atomic E-state index is 13.1. The summed E-state index contributed by atoms with van der Waals surface area (Å²) in [5, 5.41) is 8.61. The van der Waals surface area contributed by atoms with E-state index >= 15 is 0 Å². The Morgan fingerprint density at radius 2 is 2.00 bits per heavy atom. The summed E-state index contributed by atoms with van der Waals surface area (Å²) in [6, 6.07) is 8.41. The lowest BCUT2D eigenvalue weighted by Crippen LogP contribution is -2.43. The van der Waals surface area contributed by atoms with E-state index in [4.69, 9.17) is 4.74 Å². The fraction of sp³-hybridized carbons (Fsp3) is 0.550. The van der Waals surface area contributed by atoms with Gasteiger partial charge in [0.2, 0.25) is 5.91 Å². The zero-order valence-electron chi connectivity index (χ0n) is 15.5. The molecule has 2 aliphatic rings. The van der Waals surface area contributed by atoms with Gasteiger partial charge in [-0.2, -0.15) is 0 Å². The van der Waals surface area contributed by atoms with E-state index in [1.165, 1.54) is 11.1 Å². The summed E-state index contributed by atoms with van der Waals surface area (Å²) in [5.74, 6) is 0.609. The number of benzene rings is 1. The van der Waals surface area contributed by atoms with Crippen LogP contribution in [0.4, 0.5) is 0 Å². The Balaban J connectivity index is 1.49. The van der Waals surface area contributed by atoms with Gasteiger partial charge < -0.3 is 9.64 Å². The third kappa shape index (κ3) is 3.03. The van der Waals surface area contributed by atoms with E-state index in [0.29, 0.717) is 25.5 Å². The number of hydrogen-bond acceptors (Lipinski definition) is 4. The summed E-state index contributed by atoms with van der Waals surface area (Å²) in [6.45, 7) is 4.05. The van der Waals surface area contributed by atoms with Gasteiger partial charge in [0.15, 0.2) is 0 Å². The maximum Gasteiger partial charge on any atom is 0.223 e. The highest BCUT2D eigenvalue weighted by Crippen LogP contribution is 2.32. The van der Waals surface area contributed by atoms with Crippen LogP contribution >= 0.6 is 0 Å². The second-order valence-corrected chi connectivity index (χ2v) is 7.29. The molecule has 1 aromatic heterocycles. The van der Waals surface area contributed by atoms with Crippen molar-refractivity contribution in [2.45, 2.75) is 45.2 Å². The lowest BCUT2D eigenvalue weighted by Gasteiger charge is -2.35. The number of carbonyl (C=O) groups excluding carboxylic acids is 1. The van der Waals surface area contributed by atoms with E-state index in [1.807, 2.05) is 9.58 Å². The minimum atomic E-state index is -0.125. The molecule has 1 aliphatic heterocycles. The van der Waals surface area contributed by atoms with Gasteiger partial charge in [0.1, 0.15) is 11.7 Å². The fourth-order valence-electron chi connectivity index (χ4n) is 4.43. The third-order valence-electron chi connectivity index (χ3n) is 5.69. The molecule has 2 heterocycles. The molecular weight excluding hydrogens is 328 g/mol. The van der Waals surface area contributed by atoms with Crippen molar-refractivity contribution >= 4 is 5.91 Å². The van der Waals surface area contributed by atoms with Crippen LogP contribution < -0.4 is 0 Å². The van der Waals surface area contributed by atoms with Crippen LogP contribution in [0.1, 0.15) is 41.9 Å². The highest BCUT2D eigenvalue weighted by Gasteiger charge is 2.36. The van der Waals surface area contributed by atoms with E-state index in [1.54, 1.807) is 7.11 Å². The molecule has 0 spiro atoms. The van der Waals surface area contributed by atoms with Crippen molar-refractivity contribution in [3.8, 4) is 0 Å². The predicted octanol–water partition coefficient (Wildman–Crippen LogP) is 2.18. The van der Waals surface area contributed by atoms with Crippen LogP contribution in [0.3, 0.4) is 0 Å². The summed E-state index contributed by atoms with van der Waals surface area (Å²) in [5.41, 5.74) is 4.84. The molecule has 26 heavy (non-hydrogen) atoms. The molecule has 138 valence electrons. The summed E-state index contributed by atoms with van der Waals surface area (Å²) >= 11 is 0.